The van der Waals surface area contributed by atoms with Gasteiger partial charge in [0.25, 0.3) is 0 Å². The van der Waals surface area contributed by atoms with Crippen LogP contribution in [-0.2, 0) is 4.79 Å². The Morgan fingerprint density at radius 2 is 1.74 bits per heavy atom. The standard InChI is InChI=1S/C17H11F3O3/c18-17(19,20)15-13(16(21)22)8-12-7-6-11(9-14(12)23-15)10-4-2-1-3-5-10/h1-9,15H,(H,21,22)/t15-/m0/s1. The highest BCUT2D eigenvalue weighted by Gasteiger charge is 2.48. The Morgan fingerprint density at radius 3 is 2.35 bits per heavy atom. The van der Waals surface area contributed by atoms with Gasteiger partial charge in [0.1, 0.15) is 5.75 Å². The van der Waals surface area contributed by atoms with Crippen molar-refractivity contribution in [3.8, 4) is 16.9 Å². The second-order valence-corrected chi connectivity index (χ2v) is 5.06. The number of hydrogen-bond donors (Lipinski definition) is 1. The van der Waals surface area contributed by atoms with Crippen molar-refractivity contribution >= 4 is 12.0 Å². The van der Waals surface area contributed by atoms with Crippen molar-refractivity contribution < 1.29 is 27.8 Å². The zero-order chi connectivity index (χ0) is 16.6. The van der Waals surface area contributed by atoms with Gasteiger partial charge < -0.3 is 9.84 Å². The largest absolute Gasteiger partial charge is 0.478 e. The highest BCUT2D eigenvalue weighted by Crippen LogP contribution is 2.39. The second-order valence-electron chi connectivity index (χ2n) is 5.06. The predicted molar refractivity (Wildman–Crippen MR) is 78.0 cm³/mol. The fourth-order valence-electron chi connectivity index (χ4n) is 2.42. The molecule has 1 aliphatic heterocycles. The number of ether oxygens (including phenoxy) is 1. The summed E-state index contributed by atoms with van der Waals surface area (Å²) in [4.78, 5) is 11.1. The number of fused-ring (bicyclic) bond motifs is 1. The van der Waals surface area contributed by atoms with Crippen molar-refractivity contribution in [1.82, 2.24) is 0 Å². The molecule has 1 atom stereocenters. The second kappa shape index (κ2) is 5.46. The number of alkyl halides is 3. The summed E-state index contributed by atoms with van der Waals surface area (Å²) < 4.78 is 44.1. The predicted octanol–water partition coefficient (Wildman–Crippen LogP) is 4.14. The molecule has 0 radical (unpaired) electrons. The maximum Gasteiger partial charge on any atom is 0.430 e. The minimum atomic E-state index is -4.80. The highest BCUT2D eigenvalue weighted by molar-refractivity contribution is 5.95. The van der Waals surface area contributed by atoms with Crippen LogP contribution in [-0.4, -0.2) is 23.4 Å². The number of rotatable bonds is 2. The summed E-state index contributed by atoms with van der Waals surface area (Å²) in [5, 5.41) is 8.98. The number of hydrogen-bond acceptors (Lipinski definition) is 2. The minimum Gasteiger partial charge on any atom is -0.478 e. The van der Waals surface area contributed by atoms with Crippen LogP contribution in [0, 0.1) is 0 Å². The van der Waals surface area contributed by atoms with E-state index in [4.69, 9.17) is 9.84 Å². The maximum atomic E-state index is 13.0. The normalized spacial score (nSPS) is 17.0. The lowest BCUT2D eigenvalue weighted by Gasteiger charge is -2.27. The zero-order valence-electron chi connectivity index (χ0n) is 11.7. The Balaban J connectivity index is 2.07. The van der Waals surface area contributed by atoms with Gasteiger partial charge in [-0.15, -0.1) is 0 Å². The van der Waals surface area contributed by atoms with E-state index in [2.05, 4.69) is 0 Å². The molecule has 0 aromatic heterocycles. The van der Waals surface area contributed by atoms with Crippen LogP contribution in [0.5, 0.6) is 5.75 Å². The van der Waals surface area contributed by atoms with Crippen LogP contribution in [0.4, 0.5) is 13.2 Å². The lowest BCUT2D eigenvalue weighted by Crippen LogP contribution is -2.40. The Morgan fingerprint density at radius 1 is 1.04 bits per heavy atom. The molecule has 0 fully saturated rings. The molecule has 23 heavy (non-hydrogen) atoms. The molecule has 2 aromatic carbocycles. The van der Waals surface area contributed by atoms with E-state index >= 15 is 0 Å². The molecule has 0 spiro atoms. The Hall–Kier alpha value is -2.76. The summed E-state index contributed by atoms with van der Waals surface area (Å²) in [6.07, 6.45) is -6.27. The topological polar surface area (TPSA) is 46.5 Å². The third kappa shape index (κ3) is 2.92. The Bertz CT molecular complexity index is 779. The zero-order valence-corrected chi connectivity index (χ0v) is 11.7. The van der Waals surface area contributed by atoms with Gasteiger partial charge in [0.15, 0.2) is 0 Å². The maximum absolute atomic E-state index is 13.0. The number of halogens is 3. The molecule has 0 saturated carbocycles. The van der Waals surface area contributed by atoms with Gasteiger partial charge >= 0.3 is 12.1 Å². The molecule has 118 valence electrons. The van der Waals surface area contributed by atoms with Crippen LogP contribution in [0.15, 0.2) is 54.1 Å². The van der Waals surface area contributed by atoms with Gasteiger partial charge in [-0.25, -0.2) is 4.79 Å². The average Bonchev–Trinajstić information content (AvgIpc) is 2.53. The monoisotopic (exact) mass is 320 g/mol. The SMILES string of the molecule is O=C(O)C1=Cc2ccc(-c3ccccc3)cc2O[C@@H]1C(F)(F)F. The summed E-state index contributed by atoms with van der Waals surface area (Å²) >= 11 is 0. The number of carboxylic acids is 1. The summed E-state index contributed by atoms with van der Waals surface area (Å²) in [6.45, 7) is 0. The molecule has 0 amide bonds. The fraction of sp³-hybridized carbons (Fsp3) is 0.118. The fourth-order valence-corrected chi connectivity index (χ4v) is 2.42. The number of aliphatic carboxylic acids is 1. The van der Waals surface area contributed by atoms with Gasteiger partial charge in [-0.05, 0) is 23.3 Å². The van der Waals surface area contributed by atoms with Crippen LogP contribution in [0.1, 0.15) is 5.56 Å². The van der Waals surface area contributed by atoms with Crippen molar-refractivity contribution in [2.75, 3.05) is 0 Å². The minimum absolute atomic E-state index is 0.0127. The van der Waals surface area contributed by atoms with E-state index in [9.17, 15) is 18.0 Å². The van der Waals surface area contributed by atoms with E-state index in [1.807, 2.05) is 30.3 Å². The van der Waals surface area contributed by atoms with Crippen molar-refractivity contribution in [3.63, 3.8) is 0 Å². The van der Waals surface area contributed by atoms with Crippen LogP contribution >= 0.6 is 0 Å². The molecule has 1 heterocycles. The summed E-state index contributed by atoms with van der Waals surface area (Å²) in [7, 11) is 0. The molecule has 2 aromatic rings. The lowest BCUT2D eigenvalue weighted by molar-refractivity contribution is -0.187. The van der Waals surface area contributed by atoms with Gasteiger partial charge in [-0.3, -0.25) is 0 Å². The van der Waals surface area contributed by atoms with Gasteiger partial charge in [0.2, 0.25) is 6.10 Å². The molecule has 3 nitrogen and oxygen atoms in total. The molecule has 1 aliphatic rings. The average molecular weight is 320 g/mol. The molecule has 0 saturated heterocycles. The molecular formula is C17H11F3O3. The molecule has 0 bridgehead atoms. The first-order chi connectivity index (χ1) is 10.9. The number of carbonyl (C=O) groups is 1. The first-order valence-corrected chi connectivity index (χ1v) is 6.74. The van der Waals surface area contributed by atoms with Crippen LogP contribution < -0.4 is 4.74 Å². The van der Waals surface area contributed by atoms with Gasteiger partial charge in [-0.2, -0.15) is 13.2 Å². The third-order valence-electron chi connectivity index (χ3n) is 3.50. The van der Waals surface area contributed by atoms with E-state index in [0.29, 0.717) is 11.1 Å². The van der Waals surface area contributed by atoms with E-state index in [-0.39, 0.29) is 5.75 Å². The van der Waals surface area contributed by atoms with E-state index in [1.165, 1.54) is 6.07 Å². The smallest absolute Gasteiger partial charge is 0.430 e. The number of carboxylic acid groups (broad SMARTS) is 1. The Kier molecular flexibility index (Phi) is 3.60. The van der Waals surface area contributed by atoms with Gasteiger partial charge in [-0.1, -0.05) is 42.5 Å². The van der Waals surface area contributed by atoms with E-state index < -0.39 is 23.8 Å². The molecule has 0 unspecified atom stereocenters. The van der Waals surface area contributed by atoms with Crippen molar-refractivity contribution in [2.45, 2.75) is 12.3 Å². The number of benzene rings is 2. The van der Waals surface area contributed by atoms with Crippen molar-refractivity contribution in [3.05, 3.63) is 59.7 Å². The molecule has 6 heteroatoms. The molecule has 0 aliphatic carbocycles. The molecule has 3 rings (SSSR count). The molecular weight excluding hydrogens is 309 g/mol. The summed E-state index contributed by atoms with van der Waals surface area (Å²) in [6, 6.07) is 13.9. The third-order valence-corrected chi connectivity index (χ3v) is 3.50. The van der Waals surface area contributed by atoms with E-state index in [0.717, 1.165) is 11.6 Å². The van der Waals surface area contributed by atoms with Crippen LogP contribution in [0.2, 0.25) is 0 Å². The van der Waals surface area contributed by atoms with E-state index in [1.54, 1.807) is 12.1 Å². The van der Waals surface area contributed by atoms with Crippen LogP contribution in [0.3, 0.4) is 0 Å². The van der Waals surface area contributed by atoms with Crippen LogP contribution in [0.25, 0.3) is 17.2 Å². The summed E-state index contributed by atoms with van der Waals surface area (Å²) in [5.74, 6) is -1.64. The molecule has 1 N–H and O–H groups in total. The first kappa shape index (κ1) is 15.1. The Labute approximate surface area is 129 Å². The summed E-state index contributed by atoms with van der Waals surface area (Å²) in [5.41, 5.74) is 1.01. The quantitative estimate of drug-likeness (QED) is 0.904. The lowest BCUT2D eigenvalue weighted by atomic mass is 9.98. The van der Waals surface area contributed by atoms with Gasteiger partial charge in [0.05, 0.1) is 5.57 Å². The highest BCUT2D eigenvalue weighted by atomic mass is 19.4. The van der Waals surface area contributed by atoms with Crippen molar-refractivity contribution in [2.24, 2.45) is 0 Å². The first-order valence-electron chi connectivity index (χ1n) is 6.74. The van der Waals surface area contributed by atoms with Gasteiger partial charge in [0, 0.05) is 5.56 Å². The van der Waals surface area contributed by atoms with Crippen molar-refractivity contribution in [1.29, 1.82) is 0 Å².